The fourth-order valence-electron chi connectivity index (χ4n) is 0.514. The van der Waals surface area contributed by atoms with Crippen molar-refractivity contribution in [3.05, 3.63) is 70.1 Å². The summed E-state index contributed by atoms with van der Waals surface area (Å²) in [5.74, 6) is 0. The van der Waals surface area contributed by atoms with Crippen LogP contribution in [0.25, 0.3) is 0 Å². The quantitative estimate of drug-likeness (QED) is 0.333. The summed E-state index contributed by atoms with van der Waals surface area (Å²) >= 11 is 0. The lowest BCUT2D eigenvalue weighted by molar-refractivity contribution is 0.0659. The summed E-state index contributed by atoms with van der Waals surface area (Å²) in [6.07, 6.45) is 0.229. The van der Waals surface area contributed by atoms with Crippen molar-refractivity contribution in [3.63, 3.8) is 0 Å². The van der Waals surface area contributed by atoms with Crippen LogP contribution in [0.2, 0.25) is 0 Å². The molecule has 0 saturated carbocycles. The molecule has 0 saturated heterocycles. The molecule has 1 aromatic rings. The Morgan fingerprint density at radius 2 is 1.12 bits per heavy atom. The number of hydrogen-bond acceptors (Lipinski definition) is 6. The molecule has 0 aliphatic carbocycles. The fraction of sp³-hybridized carbons (Fsp3) is 0.188. The smallest absolute Gasteiger partial charge is 0.450 e. The number of carbonyl (C=O) groups is 2. The van der Waals surface area contributed by atoms with E-state index in [-0.39, 0.29) is 18.4 Å². The van der Waals surface area contributed by atoms with Gasteiger partial charge in [0.2, 0.25) is 0 Å². The minimum Gasteiger partial charge on any atom is -0.450 e. The predicted molar refractivity (Wildman–Crippen MR) is 103 cm³/mol. The fourth-order valence-corrected chi connectivity index (χ4v) is 0.514. The summed E-state index contributed by atoms with van der Waals surface area (Å²) in [5.41, 5.74) is 0. The van der Waals surface area contributed by atoms with Crippen molar-refractivity contribution in [2.45, 2.75) is 20.0 Å². The molecule has 0 aromatic carbocycles. The molecule has 0 bridgehead atoms. The molecule has 0 amide bonds. The van der Waals surface area contributed by atoms with Crippen LogP contribution in [0.15, 0.2) is 70.1 Å². The van der Waals surface area contributed by atoms with Gasteiger partial charge in [-0.05, 0) is 26.0 Å². The van der Waals surface area contributed by atoms with Gasteiger partial charge >= 0.3 is 12.3 Å². The number of ether oxygens (including phenoxy) is 1. The standard InChI is InChI=1S/C5H5N.C4H8O3.3C2H4.CH2O3.2H3N/c1-2-4-6-5-3-1;1-3(2)7-4(5)6;3*1-2;2-1(3)4;;/h1-5H;3H,1-2H3,(H,5,6);3*1-2H2;(H2,2,3,4);2*1H3. The Kier molecular flexibility index (Phi) is 85.7. The first kappa shape index (κ1) is 43.1. The Morgan fingerprint density at radius 1 is 0.840 bits per heavy atom. The number of pyridine rings is 1. The van der Waals surface area contributed by atoms with Crippen molar-refractivity contribution in [1.82, 2.24) is 17.3 Å². The number of rotatable bonds is 1. The third kappa shape index (κ3) is 158. The van der Waals surface area contributed by atoms with E-state index in [0.29, 0.717) is 0 Å². The zero-order chi connectivity index (χ0) is 19.7. The maximum atomic E-state index is 9.59. The van der Waals surface area contributed by atoms with Gasteiger partial charge in [-0.1, -0.05) is 6.07 Å². The van der Waals surface area contributed by atoms with E-state index in [4.69, 9.17) is 20.1 Å². The van der Waals surface area contributed by atoms with E-state index < -0.39 is 12.3 Å². The number of aromatic nitrogens is 1. The van der Waals surface area contributed by atoms with E-state index in [2.05, 4.69) is 49.2 Å². The van der Waals surface area contributed by atoms with Crippen LogP contribution in [0, 0.1) is 0 Å². The van der Waals surface area contributed by atoms with E-state index in [1.54, 1.807) is 26.2 Å². The van der Waals surface area contributed by atoms with E-state index in [1.165, 1.54) is 0 Å². The van der Waals surface area contributed by atoms with Crippen molar-refractivity contribution in [1.29, 1.82) is 0 Å². The van der Waals surface area contributed by atoms with Gasteiger partial charge in [0.05, 0.1) is 6.10 Å². The van der Waals surface area contributed by atoms with Gasteiger partial charge in [-0.2, -0.15) is 0 Å². The average molecular weight is 363 g/mol. The molecular formula is C16H33N3O6. The first-order chi connectivity index (χ1) is 10.9. The molecule has 0 aliphatic rings. The molecule has 0 unspecified atom stereocenters. The highest BCUT2D eigenvalue weighted by atomic mass is 16.7. The van der Waals surface area contributed by atoms with Crippen molar-refractivity contribution in [2.75, 3.05) is 0 Å². The third-order valence-electron chi connectivity index (χ3n) is 0.903. The maximum Gasteiger partial charge on any atom is 0.506 e. The molecule has 1 rings (SSSR count). The highest BCUT2D eigenvalue weighted by Crippen LogP contribution is 1.85. The van der Waals surface area contributed by atoms with Gasteiger partial charge < -0.3 is 32.4 Å². The molecule has 9 N–H and O–H groups in total. The van der Waals surface area contributed by atoms with Gasteiger partial charge in [0.1, 0.15) is 0 Å². The molecule has 0 radical (unpaired) electrons. The molecule has 25 heavy (non-hydrogen) atoms. The second-order valence-electron chi connectivity index (χ2n) is 2.74. The number of carboxylic acid groups (broad SMARTS) is 3. The van der Waals surface area contributed by atoms with Crippen LogP contribution in [-0.2, 0) is 4.74 Å². The predicted octanol–water partition coefficient (Wildman–Crippen LogP) is 5.12. The minimum absolute atomic E-state index is 0. The third-order valence-corrected chi connectivity index (χ3v) is 0.903. The molecule has 0 aliphatic heterocycles. The zero-order valence-electron chi connectivity index (χ0n) is 15.1. The Hall–Kier alpha value is -3.17. The van der Waals surface area contributed by atoms with Crippen LogP contribution in [0.5, 0.6) is 0 Å². The normalized spacial score (nSPS) is 5.88. The van der Waals surface area contributed by atoms with Crippen LogP contribution in [0.4, 0.5) is 9.59 Å². The maximum absolute atomic E-state index is 9.59. The van der Waals surface area contributed by atoms with Crippen LogP contribution in [-0.4, -0.2) is 38.7 Å². The van der Waals surface area contributed by atoms with E-state index in [0.717, 1.165) is 0 Å². The molecule has 0 fully saturated rings. The van der Waals surface area contributed by atoms with Crippen LogP contribution < -0.4 is 12.3 Å². The van der Waals surface area contributed by atoms with Crippen LogP contribution >= 0.6 is 0 Å². The highest BCUT2D eigenvalue weighted by molar-refractivity contribution is 5.56. The Bertz CT molecular complexity index is 316. The summed E-state index contributed by atoms with van der Waals surface area (Å²) in [4.78, 5) is 21.9. The first-order valence-electron chi connectivity index (χ1n) is 6.02. The summed E-state index contributed by atoms with van der Waals surface area (Å²) in [6.45, 7) is 21.3. The average Bonchev–Trinajstić information content (AvgIpc) is 2.54. The number of hydrogen-bond donors (Lipinski definition) is 5. The molecule has 0 spiro atoms. The Morgan fingerprint density at radius 3 is 1.16 bits per heavy atom. The van der Waals surface area contributed by atoms with Gasteiger partial charge in [0.25, 0.3) is 0 Å². The lowest BCUT2D eigenvalue weighted by Crippen LogP contribution is -2.07. The zero-order valence-corrected chi connectivity index (χ0v) is 15.1. The first-order valence-corrected chi connectivity index (χ1v) is 6.02. The second kappa shape index (κ2) is 49.8. The SMILES string of the molecule is C=C.C=C.C=C.CC(C)OC(=O)O.N.N.O=C(O)O.c1ccncc1. The second-order valence-corrected chi connectivity index (χ2v) is 2.74. The molecule has 9 nitrogen and oxygen atoms in total. The summed E-state index contributed by atoms with van der Waals surface area (Å²) < 4.78 is 4.17. The van der Waals surface area contributed by atoms with E-state index in [1.807, 2.05) is 18.2 Å². The van der Waals surface area contributed by atoms with Crippen molar-refractivity contribution >= 4 is 12.3 Å². The lowest BCUT2D eigenvalue weighted by Gasteiger charge is -1.99. The van der Waals surface area contributed by atoms with Crippen LogP contribution in [0.1, 0.15) is 13.8 Å². The largest absolute Gasteiger partial charge is 0.506 e. The van der Waals surface area contributed by atoms with Gasteiger partial charge in [-0.25, -0.2) is 9.59 Å². The number of nitrogens with zero attached hydrogens (tertiary/aromatic N) is 1. The van der Waals surface area contributed by atoms with E-state index >= 15 is 0 Å². The van der Waals surface area contributed by atoms with Crippen molar-refractivity contribution in [3.8, 4) is 0 Å². The Labute approximate surface area is 150 Å². The van der Waals surface area contributed by atoms with Crippen molar-refractivity contribution in [2.24, 2.45) is 0 Å². The van der Waals surface area contributed by atoms with E-state index in [9.17, 15) is 4.79 Å². The molecular weight excluding hydrogens is 330 g/mol. The van der Waals surface area contributed by atoms with Crippen molar-refractivity contribution < 1.29 is 29.6 Å². The van der Waals surface area contributed by atoms with Gasteiger partial charge in [0, 0.05) is 12.4 Å². The minimum atomic E-state index is -1.83. The van der Waals surface area contributed by atoms with Gasteiger partial charge in [-0.3, -0.25) is 4.98 Å². The monoisotopic (exact) mass is 363 g/mol. The van der Waals surface area contributed by atoms with Gasteiger partial charge in [0.15, 0.2) is 0 Å². The summed E-state index contributed by atoms with van der Waals surface area (Å²) in [7, 11) is 0. The molecule has 9 heteroatoms. The Balaban J connectivity index is -0.0000000332. The summed E-state index contributed by atoms with van der Waals surface area (Å²) in [6, 6.07) is 5.72. The van der Waals surface area contributed by atoms with Crippen LogP contribution in [0.3, 0.4) is 0 Å². The lowest BCUT2D eigenvalue weighted by atomic mass is 10.5. The van der Waals surface area contributed by atoms with Gasteiger partial charge in [-0.15, -0.1) is 39.5 Å². The molecule has 1 heterocycles. The summed E-state index contributed by atoms with van der Waals surface area (Å²) in [5, 5.41) is 21.8. The topological polar surface area (TPSA) is 187 Å². The molecule has 0 atom stereocenters. The highest BCUT2D eigenvalue weighted by Gasteiger charge is 1.97. The molecule has 1 aromatic heterocycles. The molecule has 148 valence electrons.